The Morgan fingerprint density at radius 2 is 0.457 bits per heavy atom. The van der Waals surface area contributed by atoms with Gasteiger partial charge < -0.3 is 32.3 Å². The van der Waals surface area contributed by atoms with Crippen LogP contribution in [0.25, 0.3) is 44.5 Å². The molecule has 0 spiro atoms. The molecule has 3 N–H and O–H groups in total. The quantitative estimate of drug-likeness (QED) is 0.0322. The Balaban J connectivity index is 0.000000217. The molecule has 3 atom stereocenters. The first-order chi connectivity index (χ1) is 55.4. The molecule has 6 nitrogen and oxygen atoms in total. The van der Waals surface area contributed by atoms with Gasteiger partial charge in [-0.3, -0.25) is 14.4 Å². The van der Waals surface area contributed by atoms with E-state index in [-0.39, 0.29) is 74.1 Å². The predicted molar refractivity (Wildman–Crippen MR) is 486 cm³/mol. The second kappa shape index (κ2) is 39.2. The molecular weight excluding hydrogens is 1900 g/mol. The first kappa shape index (κ1) is 85.9. The van der Waals surface area contributed by atoms with Crippen LogP contribution in [0.15, 0.2) is 427 Å². The maximum absolute atomic E-state index is 14.4. The van der Waals surface area contributed by atoms with Crippen LogP contribution < -0.4 is 17.0 Å². The molecule has 0 aliphatic rings. The first-order valence-electron chi connectivity index (χ1n) is 36.5. The van der Waals surface area contributed by atoms with Crippen LogP contribution in [0.5, 0.6) is 0 Å². The fourth-order valence-electron chi connectivity index (χ4n) is 14.3. The van der Waals surface area contributed by atoms with Crippen LogP contribution in [0, 0.1) is 6.07 Å². The molecule has 0 aromatic heterocycles. The summed E-state index contributed by atoms with van der Waals surface area (Å²) in [6.07, 6.45) is 0. The van der Waals surface area contributed by atoms with Crippen molar-refractivity contribution in [2.45, 2.75) is 16.8 Å². The van der Waals surface area contributed by atoms with Crippen molar-refractivity contribution in [1.29, 1.82) is 0 Å². The maximum Gasteiger partial charge on any atom is 2.00 e. The summed E-state index contributed by atoms with van der Waals surface area (Å²) in [6.45, 7) is 0. The van der Waals surface area contributed by atoms with Gasteiger partial charge in [-0.1, -0.05) is 332 Å². The van der Waals surface area contributed by atoms with E-state index in [0.717, 1.165) is 65.8 Å². The summed E-state index contributed by atoms with van der Waals surface area (Å²) in [7, 11) is 0. The third-order valence-corrected chi connectivity index (χ3v) is 23.2. The molecule has 0 aliphatic carbocycles. The number of carbonyl (C=O) groups excluding carboxylic acids is 3. The van der Waals surface area contributed by atoms with Crippen molar-refractivity contribution in [2.24, 2.45) is 0 Å². The van der Waals surface area contributed by atoms with Gasteiger partial charge in [0.2, 0.25) is 0 Å². The largest absolute Gasteiger partial charge is 2.00 e. The molecule has 0 radical (unpaired) electrons. The number of aliphatic hydroxyl groups is 3. The third-order valence-electron chi connectivity index (χ3n) is 20.0. The molecule has 0 saturated carbocycles. The van der Waals surface area contributed by atoms with Crippen molar-refractivity contribution in [3.8, 4) is 44.5 Å². The molecule has 14 heteroatoms. The van der Waals surface area contributed by atoms with Gasteiger partial charge in [0, 0.05) is 76.9 Å². The molecule has 0 saturated heterocycles. The fraction of sp³-hybridized carbons (Fsp3) is 0.0294. The van der Waals surface area contributed by atoms with Crippen molar-refractivity contribution >= 4 is 136 Å². The van der Waals surface area contributed by atoms with E-state index in [2.05, 4.69) is 120 Å². The number of hydrogen-bond donors (Lipinski definition) is 3. The number of carbonyl (C=O) groups is 3. The van der Waals surface area contributed by atoms with Crippen LogP contribution in [0.1, 0.15) is 97.8 Å². The molecule has 0 fully saturated rings. The molecule has 16 rings (SSSR count). The van der Waals surface area contributed by atoms with Crippen molar-refractivity contribution in [3.05, 3.63) is 517 Å². The molecular formula is C102H69Br7MgO6. The van der Waals surface area contributed by atoms with E-state index in [9.17, 15) is 29.7 Å². The number of rotatable bonds is 19. The van der Waals surface area contributed by atoms with Crippen molar-refractivity contribution in [1.82, 2.24) is 0 Å². The standard InChI is InChI=1S/C63H45Br3O3.C27H15Br3O3.C12H9.BrH.Mg/c64-52-34-28-46(29-35-52)61(67,58-25-13-10-22-55(58)43-16-4-1-5-17-43)49-40-50(62(68,47-30-36-53(65)37-31-47)59-26-14-11-23-56(59)44-18-6-2-7-19-44)42-51(41-49)63(69,48-32-38-54(66)39-33-48)60-27-15-12-24-57(60)45-20-8-3-9-21-45;28-22-7-1-16(2-8-22)25(31)19-13-20(26(32)17-3-9-23(29)10-4-17)15-21(14-19)27(33)18-5-11-24(30)12-6-18;1-3-7-11(8-4-1)12-9-5-2-6-10-12;;/h1-42,67-69H;1-15H;1-9H;1H;/q;;-1;;+2/p-1. The van der Waals surface area contributed by atoms with Gasteiger partial charge in [0.25, 0.3) is 0 Å². The Labute approximate surface area is 752 Å². The van der Waals surface area contributed by atoms with Crippen LogP contribution >= 0.6 is 95.6 Å². The minimum absolute atomic E-state index is 0. The SMILES string of the molecule is O=C(c1ccc(Br)cc1)c1cc(C(=O)c2ccc(Br)cc2)cc(C(=O)c2ccc(Br)cc2)c1.OC(c1ccc(Br)cc1)(c1cc(C(O)(c2ccc(Br)cc2)c2ccccc2-c2ccccc2)cc(C(O)(c2ccc(Br)cc2)c2ccccc2-c2ccccc2)c1)c1ccccc1-c1ccccc1.[Br-].[Mg+2].[c-]1ccccc1-c1ccccc1. The van der Waals surface area contributed by atoms with E-state index in [4.69, 9.17) is 0 Å². The first-order valence-corrected chi connectivity index (χ1v) is 41.3. The van der Waals surface area contributed by atoms with E-state index in [1.807, 2.05) is 291 Å². The van der Waals surface area contributed by atoms with Gasteiger partial charge in [-0.05, 0) is 212 Å². The van der Waals surface area contributed by atoms with E-state index in [1.54, 1.807) is 91.0 Å². The molecule has 0 heterocycles. The van der Waals surface area contributed by atoms with Crippen molar-refractivity contribution in [2.75, 3.05) is 0 Å². The summed E-state index contributed by atoms with van der Waals surface area (Å²) in [5.41, 5.74) is 9.14. The van der Waals surface area contributed by atoms with Gasteiger partial charge in [0.05, 0.1) is 0 Å². The fourth-order valence-corrected chi connectivity index (χ4v) is 15.9. The Kier molecular flexibility index (Phi) is 29.0. The number of hydrogen-bond acceptors (Lipinski definition) is 6. The summed E-state index contributed by atoms with van der Waals surface area (Å²) in [6, 6.07) is 130. The summed E-state index contributed by atoms with van der Waals surface area (Å²) in [5, 5.41) is 43.1. The van der Waals surface area contributed by atoms with Gasteiger partial charge in [-0.25, -0.2) is 0 Å². The van der Waals surface area contributed by atoms with Crippen LogP contribution in [0.2, 0.25) is 0 Å². The second-order valence-electron chi connectivity index (χ2n) is 27.1. The molecule has 564 valence electrons. The second-order valence-corrected chi connectivity index (χ2v) is 32.6. The Morgan fingerprint density at radius 3 is 0.707 bits per heavy atom. The number of ketones is 3. The van der Waals surface area contributed by atoms with E-state index < -0.39 is 16.8 Å². The summed E-state index contributed by atoms with van der Waals surface area (Å²) < 4.78 is 5.11. The molecule has 0 bridgehead atoms. The minimum atomic E-state index is -1.88. The third kappa shape index (κ3) is 19.2. The van der Waals surface area contributed by atoms with Crippen molar-refractivity contribution in [3.63, 3.8) is 0 Å². The van der Waals surface area contributed by atoms with Crippen molar-refractivity contribution < 1.29 is 46.7 Å². The van der Waals surface area contributed by atoms with Gasteiger partial charge in [-0.2, -0.15) is 0 Å². The Hall–Kier alpha value is -9.46. The molecule has 16 aromatic carbocycles. The average Bonchev–Trinajstić information content (AvgIpc) is 0.714. The molecule has 16 aromatic rings. The van der Waals surface area contributed by atoms with Gasteiger partial charge in [0.1, 0.15) is 16.8 Å². The monoisotopic (exact) mass is 1970 g/mol. The van der Waals surface area contributed by atoms with E-state index >= 15 is 0 Å². The summed E-state index contributed by atoms with van der Waals surface area (Å²) in [4.78, 5) is 39.7. The number of halogens is 7. The zero-order valence-corrected chi connectivity index (χ0v) is 74.5. The number of benzene rings is 16. The summed E-state index contributed by atoms with van der Waals surface area (Å²) >= 11 is 21.1. The molecule has 116 heavy (non-hydrogen) atoms. The molecule has 3 unspecified atom stereocenters. The smallest absolute Gasteiger partial charge is 1.00 e. The van der Waals surface area contributed by atoms with Gasteiger partial charge in [-0.15, -0.1) is 35.9 Å². The predicted octanol–water partition coefficient (Wildman–Crippen LogP) is 23.3. The minimum Gasteiger partial charge on any atom is -1.00 e. The van der Waals surface area contributed by atoms with Gasteiger partial charge in [0.15, 0.2) is 17.3 Å². The zero-order chi connectivity index (χ0) is 79.4. The molecule has 0 amide bonds. The Morgan fingerprint density at radius 1 is 0.233 bits per heavy atom. The van der Waals surface area contributed by atoms with Crippen LogP contribution in [0.4, 0.5) is 0 Å². The van der Waals surface area contributed by atoms with Crippen LogP contribution in [-0.2, 0) is 16.8 Å². The normalized spacial score (nSPS) is 12.4. The topological polar surface area (TPSA) is 112 Å². The maximum atomic E-state index is 14.4. The van der Waals surface area contributed by atoms with Crippen LogP contribution in [0.3, 0.4) is 0 Å². The summed E-state index contributed by atoms with van der Waals surface area (Å²) in [5.74, 6) is -0.798. The van der Waals surface area contributed by atoms with E-state index in [1.165, 1.54) is 5.56 Å². The average molecular weight is 1970 g/mol. The zero-order valence-electron chi connectivity index (χ0n) is 62.0. The van der Waals surface area contributed by atoms with Gasteiger partial charge >= 0.3 is 23.1 Å². The van der Waals surface area contributed by atoms with Crippen LogP contribution in [-0.4, -0.2) is 55.7 Å². The van der Waals surface area contributed by atoms with E-state index in [0.29, 0.717) is 66.8 Å². The Bertz CT molecular complexity index is 5460. The molecule has 0 aliphatic heterocycles.